The molecule has 0 bridgehead atoms. The molecule has 1 rings (SSSR count). The molecule has 1 aliphatic rings. The van der Waals surface area contributed by atoms with Gasteiger partial charge in [0, 0.05) is 12.8 Å². The number of likely N-dealkylation sites (tertiary alicyclic amines) is 1. The van der Waals surface area contributed by atoms with Gasteiger partial charge in [0.05, 0.1) is 13.1 Å². The summed E-state index contributed by atoms with van der Waals surface area (Å²) in [5.41, 5.74) is 0. The van der Waals surface area contributed by atoms with Gasteiger partial charge in [-0.2, -0.15) is 0 Å². The molecule has 0 radical (unpaired) electrons. The Bertz CT molecular complexity index is 99.9. The number of nitrogens with one attached hydrogen (secondary N) is 2. The molecule has 0 aromatic heterocycles. The topological polar surface area (TPSA) is 24.1 Å². The van der Waals surface area contributed by atoms with Gasteiger partial charge in [0.25, 0.3) is 0 Å². The first-order valence-electron chi connectivity index (χ1n) is 4.47. The van der Waals surface area contributed by atoms with Crippen LogP contribution in [0.5, 0.6) is 0 Å². The van der Waals surface area contributed by atoms with Crippen molar-refractivity contribution in [3.05, 3.63) is 0 Å². The van der Waals surface area contributed by atoms with Crippen LogP contribution in [-0.2, 0) is 0 Å². The smallest absolute Gasteiger partial charge is 0.133 e. The van der Waals surface area contributed by atoms with E-state index in [1.165, 1.54) is 30.4 Å². The van der Waals surface area contributed by atoms with E-state index in [9.17, 15) is 0 Å². The molecule has 0 unspecified atom stereocenters. The summed E-state index contributed by atoms with van der Waals surface area (Å²) >= 11 is 0. The number of rotatable bonds is 4. The minimum Gasteiger partial charge on any atom is -0.299 e. The Morgan fingerprint density at radius 3 is 1.82 bits per heavy atom. The van der Waals surface area contributed by atoms with E-state index in [1.54, 1.807) is 0 Å². The Labute approximate surface area is 69.4 Å². The van der Waals surface area contributed by atoms with Gasteiger partial charge in [0.15, 0.2) is 0 Å². The average Bonchev–Trinajstić information content (AvgIpc) is 2.39. The fraction of sp³-hybridized carbons (Fsp3) is 1.00. The highest BCUT2D eigenvalue weighted by atomic mass is 15.5. The summed E-state index contributed by atoms with van der Waals surface area (Å²) < 4.78 is 1.22. The molecule has 1 aliphatic heterocycles. The van der Waals surface area contributed by atoms with Gasteiger partial charge in [-0.25, -0.2) is 0 Å². The van der Waals surface area contributed by atoms with Gasteiger partial charge in [-0.15, -0.1) is 0 Å². The third kappa shape index (κ3) is 2.15. The van der Waals surface area contributed by atoms with Crippen molar-refractivity contribution in [3.63, 3.8) is 0 Å². The number of nitrogens with zero attached hydrogens (tertiary/aromatic N) is 1. The first-order chi connectivity index (χ1) is 5.33. The highest BCUT2D eigenvalue weighted by molar-refractivity contribution is 4.52. The van der Waals surface area contributed by atoms with Crippen LogP contribution in [0.4, 0.5) is 0 Å². The van der Waals surface area contributed by atoms with Crippen LogP contribution >= 0.6 is 0 Å². The molecule has 1 heterocycles. The van der Waals surface area contributed by atoms with Gasteiger partial charge >= 0.3 is 0 Å². The molecular formula is C8H20N3+. The Hall–Kier alpha value is -0.120. The lowest BCUT2D eigenvalue weighted by Crippen LogP contribution is -2.54. The van der Waals surface area contributed by atoms with E-state index in [0.29, 0.717) is 0 Å². The number of hydrogen-bond donors (Lipinski definition) is 2. The van der Waals surface area contributed by atoms with Crippen molar-refractivity contribution in [3.8, 4) is 0 Å². The van der Waals surface area contributed by atoms with Crippen LogP contribution in [0.3, 0.4) is 0 Å². The van der Waals surface area contributed by atoms with Crippen molar-refractivity contribution in [2.75, 3.05) is 40.5 Å². The third-order valence-electron chi connectivity index (χ3n) is 2.50. The highest BCUT2D eigenvalue weighted by Gasteiger charge is 2.29. The lowest BCUT2D eigenvalue weighted by Gasteiger charge is -2.33. The number of quaternary nitrogens is 1. The maximum Gasteiger partial charge on any atom is 0.133 e. The van der Waals surface area contributed by atoms with E-state index in [2.05, 4.69) is 10.6 Å². The van der Waals surface area contributed by atoms with Gasteiger partial charge in [-0.05, 0) is 14.1 Å². The second-order valence-corrected chi connectivity index (χ2v) is 3.52. The van der Waals surface area contributed by atoms with Crippen LogP contribution in [0.25, 0.3) is 0 Å². The van der Waals surface area contributed by atoms with Gasteiger partial charge < -0.3 is 0 Å². The van der Waals surface area contributed by atoms with E-state index >= 15 is 0 Å². The molecule has 0 aromatic carbocycles. The van der Waals surface area contributed by atoms with E-state index in [-0.39, 0.29) is 0 Å². The normalized spacial score (nSPS) is 22.4. The molecule has 0 spiro atoms. The van der Waals surface area contributed by atoms with Gasteiger partial charge in [-0.3, -0.25) is 15.1 Å². The quantitative estimate of drug-likeness (QED) is 0.561. The molecule has 2 N–H and O–H groups in total. The van der Waals surface area contributed by atoms with Gasteiger partial charge in [-0.1, -0.05) is 0 Å². The van der Waals surface area contributed by atoms with E-state index in [4.69, 9.17) is 0 Å². The summed E-state index contributed by atoms with van der Waals surface area (Å²) in [6.45, 7) is 4.89. The minimum absolute atomic E-state index is 1.11. The summed E-state index contributed by atoms with van der Waals surface area (Å²) in [7, 11) is 4.07. The molecule has 1 saturated heterocycles. The lowest BCUT2D eigenvalue weighted by molar-refractivity contribution is -0.921. The molecular weight excluding hydrogens is 138 g/mol. The van der Waals surface area contributed by atoms with Crippen LogP contribution in [0, 0.1) is 0 Å². The maximum absolute atomic E-state index is 3.27. The summed E-state index contributed by atoms with van der Waals surface area (Å²) in [5, 5.41) is 6.54. The predicted molar refractivity (Wildman–Crippen MR) is 47.1 cm³/mol. The minimum atomic E-state index is 1.11. The standard InChI is InChI=1S/C8H20N3/c1-9-7-11(8-10-2)5-3-4-6-11/h9-10H,3-8H2,1-2H3/q+1. The molecule has 0 aliphatic carbocycles. The first kappa shape index (κ1) is 8.97. The molecule has 0 atom stereocenters. The van der Waals surface area contributed by atoms with Crippen molar-refractivity contribution in [1.29, 1.82) is 0 Å². The fourth-order valence-corrected chi connectivity index (χ4v) is 2.05. The summed E-state index contributed by atoms with van der Waals surface area (Å²) in [6, 6.07) is 0. The van der Waals surface area contributed by atoms with Gasteiger partial charge in [0.2, 0.25) is 0 Å². The van der Waals surface area contributed by atoms with Crippen molar-refractivity contribution in [2.24, 2.45) is 0 Å². The summed E-state index contributed by atoms with van der Waals surface area (Å²) in [6.07, 6.45) is 2.78. The fourth-order valence-electron chi connectivity index (χ4n) is 2.05. The SMILES string of the molecule is CNC[N+]1(CNC)CCCC1. The summed E-state index contributed by atoms with van der Waals surface area (Å²) in [4.78, 5) is 0. The second kappa shape index (κ2) is 4.04. The zero-order chi connectivity index (χ0) is 8.16. The van der Waals surface area contributed by atoms with Crippen molar-refractivity contribution >= 4 is 0 Å². The van der Waals surface area contributed by atoms with Crippen LogP contribution < -0.4 is 10.6 Å². The highest BCUT2D eigenvalue weighted by Crippen LogP contribution is 2.16. The Morgan fingerprint density at radius 2 is 1.45 bits per heavy atom. The molecule has 0 amide bonds. The van der Waals surface area contributed by atoms with E-state index in [0.717, 1.165) is 13.3 Å². The Morgan fingerprint density at radius 1 is 1.00 bits per heavy atom. The van der Waals surface area contributed by atoms with Crippen LogP contribution in [0.2, 0.25) is 0 Å². The Kier molecular flexibility index (Phi) is 3.30. The molecule has 0 saturated carbocycles. The molecule has 1 fully saturated rings. The maximum atomic E-state index is 3.27. The third-order valence-corrected chi connectivity index (χ3v) is 2.50. The van der Waals surface area contributed by atoms with Crippen molar-refractivity contribution < 1.29 is 4.48 Å². The monoisotopic (exact) mass is 158 g/mol. The molecule has 3 heteroatoms. The summed E-state index contributed by atoms with van der Waals surface area (Å²) in [5.74, 6) is 0. The van der Waals surface area contributed by atoms with E-state index in [1.807, 2.05) is 14.1 Å². The zero-order valence-electron chi connectivity index (χ0n) is 7.69. The first-order valence-corrected chi connectivity index (χ1v) is 4.47. The number of hydrogen-bond acceptors (Lipinski definition) is 2. The second-order valence-electron chi connectivity index (χ2n) is 3.52. The van der Waals surface area contributed by atoms with Crippen molar-refractivity contribution in [1.82, 2.24) is 10.6 Å². The van der Waals surface area contributed by atoms with Crippen LogP contribution in [-0.4, -0.2) is 45.0 Å². The van der Waals surface area contributed by atoms with E-state index < -0.39 is 0 Å². The Balaban J connectivity index is 2.40. The largest absolute Gasteiger partial charge is 0.299 e. The van der Waals surface area contributed by atoms with Crippen LogP contribution in [0.15, 0.2) is 0 Å². The average molecular weight is 158 g/mol. The van der Waals surface area contributed by atoms with Crippen LogP contribution in [0.1, 0.15) is 12.8 Å². The zero-order valence-corrected chi connectivity index (χ0v) is 7.69. The molecule has 0 aromatic rings. The lowest BCUT2D eigenvalue weighted by atomic mass is 10.4. The molecule has 3 nitrogen and oxygen atoms in total. The predicted octanol–water partition coefficient (Wildman–Crippen LogP) is -0.0492. The van der Waals surface area contributed by atoms with Gasteiger partial charge in [0.1, 0.15) is 13.3 Å². The van der Waals surface area contributed by atoms with Crippen molar-refractivity contribution in [2.45, 2.75) is 12.8 Å². The molecule has 11 heavy (non-hydrogen) atoms. The molecule has 66 valence electrons.